The SMILES string of the molecule is O=C(CCCC(=O)N1CCN(C(=O)c2ccco2)CC1)c1cccs1. The average Bonchev–Trinajstić information content (AvgIpc) is 3.34. The molecule has 132 valence electrons. The number of hydrogen-bond acceptors (Lipinski definition) is 5. The van der Waals surface area contributed by atoms with E-state index in [1.165, 1.54) is 17.6 Å². The zero-order valence-electron chi connectivity index (χ0n) is 13.8. The average molecular weight is 360 g/mol. The Balaban J connectivity index is 1.39. The van der Waals surface area contributed by atoms with E-state index >= 15 is 0 Å². The maximum absolute atomic E-state index is 12.3. The highest BCUT2D eigenvalue weighted by atomic mass is 32.1. The Morgan fingerprint density at radius 1 is 1.00 bits per heavy atom. The topological polar surface area (TPSA) is 70.8 Å². The molecule has 2 amide bonds. The molecule has 3 heterocycles. The number of carbonyl (C=O) groups excluding carboxylic acids is 3. The van der Waals surface area contributed by atoms with Gasteiger partial charge in [0.2, 0.25) is 5.91 Å². The van der Waals surface area contributed by atoms with Crippen molar-refractivity contribution in [1.82, 2.24) is 9.80 Å². The number of ketones is 1. The van der Waals surface area contributed by atoms with Gasteiger partial charge < -0.3 is 14.2 Å². The maximum atomic E-state index is 12.3. The standard InChI is InChI=1S/C18H20N2O4S/c21-14(16-6-3-13-25-16)4-1-7-17(22)19-8-10-20(11-9-19)18(23)15-5-2-12-24-15/h2-3,5-6,12-13H,1,4,7-11H2. The van der Waals surface area contributed by atoms with E-state index in [1.54, 1.807) is 21.9 Å². The number of amides is 2. The molecule has 0 bridgehead atoms. The third kappa shape index (κ3) is 4.36. The van der Waals surface area contributed by atoms with Crippen molar-refractivity contribution in [3.8, 4) is 0 Å². The van der Waals surface area contributed by atoms with E-state index < -0.39 is 0 Å². The molecule has 0 radical (unpaired) electrons. The van der Waals surface area contributed by atoms with E-state index in [-0.39, 0.29) is 17.6 Å². The smallest absolute Gasteiger partial charge is 0.289 e. The van der Waals surface area contributed by atoms with Crippen molar-refractivity contribution in [2.45, 2.75) is 19.3 Å². The lowest BCUT2D eigenvalue weighted by Crippen LogP contribution is -2.50. The molecule has 0 saturated carbocycles. The summed E-state index contributed by atoms with van der Waals surface area (Å²) in [5, 5.41) is 1.88. The van der Waals surface area contributed by atoms with Crippen molar-refractivity contribution in [3.05, 3.63) is 46.5 Å². The molecule has 0 N–H and O–H groups in total. The third-order valence-electron chi connectivity index (χ3n) is 4.24. The fourth-order valence-electron chi connectivity index (χ4n) is 2.83. The van der Waals surface area contributed by atoms with Crippen molar-refractivity contribution in [2.75, 3.05) is 26.2 Å². The first kappa shape index (κ1) is 17.4. The number of rotatable bonds is 6. The van der Waals surface area contributed by atoms with Crippen LogP contribution in [0.3, 0.4) is 0 Å². The quantitative estimate of drug-likeness (QED) is 0.743. The van der Waals surface area contributed by atoms with Gasteiger partial charge in [-0.05, 0) is 30.0 Å². The number of nitrogens with zero attached hydrogens (tertiary/aromatic N) is 2. The van der Waals surface area contributed by atoms with Crippen LogP contribution in [0.25, 0.3) is 0 Å². The lowest BCUT2D eigenvalue weighted by atomic mass is 10.1. The molecular weight excluding hydrogens is 340 g/mol. The van der Waals surface area contributed by atoms with Crippen LogP contribution in [0.1, 0.15) is 39.5 Å². The van der Waals surface area contributed by atoms with Gasteiger partial charge >= 0.3 is 0 Å². The summed E-state index contributed by atoms with van der Waals surface area (Å²) in [4.78, 5) is 40.6. The summed E-state index contributed by atoms with van der Waals surface area (Å²) >= 11 is 1.43. The number of hydrogen-bond donors (Lipinski definition) is 0. The normalized spacial score (nSPS) is 14.6. The van der Waals surface area contributed by atoms with Gasteiger partial charge in [-0.15, -0.1) is 11.3 Å². The molecule has 2 aromatic heterocycles. The molecule has 3 rings (SSSR count). The Hall–Kier alpha value is -2.41. The largest absolute Gasteiger partial charge is 0.459 e. The van der Waals surface area contributed by atoms with E-state index in [2.05, 4.69) is 0 Å². The first-order valence-electron chi connectivity index (χ1n) is 8.32. The van der Waals surface area contributed by atoms with Crippen LogP contribution in [-0.2, 0) is 4.79 Å². The zero-order valence-corrected chi connectivity index (χ0v) is 14.7. The van der Waals surface area contributed by atoms with Gasteiger partial charge in [0, 0.05) is 39.0 Å². The van der Waals surface area contributed by atoms with Crippen molar-refractivity contribution in [2.24, 2.45) is 0 Å². The van der Waals surface area contributed by atoms with Crippen LogP contribution in [0.5, 0.6) is 0 Å². The van der Waals surface area contributed by atoms with Crippen LogP contribution in [-0.4, -0.2) is 53.6 Å². The van der Waals surface area contributed by atoms with Gasteiger partial charge in [-0.3, -0.25) is 14.4 Å². The highest BCUT2D eigenvalue weighted by Crippen LogP contribution is 2.14. The number of carbonyl (C=O) groups is 3. The monoisotopic (exact) mass is 360 g/mol. The van der Waals surface area contributed by atoms with Crippen molar-refractivity contribution >= 4 is 28.9 Å². The lowest BCUT2D eigenvalue weighted by molar-refractivity contribution is -0.132. The molecule has 0 aromatic carbocycles. The highest BCUT2D eigenvalue weighted by molar-refractivity contribution is 7.12. The van der Waals surface area contributed by atoms with Crippen LogP contribution in [0, 0.1) is 0 Å². The second kappa shape index (κ2) is 8.11. The van der Waals surface area contributed by atoms with E-state index in [0.717, 1.165) is 4.88 Å². The van der Waals surface area contributed by atoms with Gasteiger partial charge in [0.15, 0.2) is 11.5 Å². The molecule has 2 aromatic rings. The Bertz CT molecular complexity index is 716. The second-order valence-electron chi connectivity index (χ2n) is 5.90. The molecule has 1 saturated heterocycles. The van der Waals surface area contributed by atoms with E-state index in [0.29, 0.717) is 51.2 Å². The fraction of sp³-hybridized carbons (Fsp3) is 0.389. The predicted octanol–water partition coefficient (Wildman–Crippen LogP) is 2.68. The van der Waals surface area contributed by atoms with Crippen LogP contribution >= 0.6 is 11.3 Å². The number of Topliss-reactive ketones (excluding diaryl/α,β-unsaturated/α-hetero) is 1. The van der Waals surface area contributed by atoms with Gasteiger partial charge in [0.1, 0.15) is 0 Å². The van der Waals surface area contributed by atoms with Crippen LogP contribution in [0.2, 0.25) is 0 Å². The molecule has 25 heavy (non-hydrogen) atoms. The van der Waals surface area contributed by atoms with Crippen molar-refractivity contribution < 1.29 is 18.8 Å². The summed E-state index contributed by atoms with van der Waals surface area (Å²) in [7, 11) is 0. The van der Waals surface area contributed by atoms with Gasteiger partial charge in [0.25, 0.3) is 5.91 Å². The molecule has 0 spiro atoms. The van der Waals surface area contributed by atoms with Gasteiger partial charge in [-0.25, -0.2) is 0 Å². The summed E-state index contributed by atoms with van der Waals surface area (Å²) in [6.07, 6.45) is 2.79. The highest BCUT2D eigenvalue weighted by Gasteiger charge is 2.25. The minimum Gasteiger partial charge on any atom is -0.459 e. The van der Waals surface area contributed by atoms with Crippen LogP contribution < -0.4 is 0 Å². The Labute approximate surface area is 150 Å². The number of thiophene rings is 1. The molecular formula is C18H20N2O4S. The Kier molecular flexibility index (Phi) is 5.65. The molecule has 1 aliphatic rings. The summed E-state index contributed by atoms with van der Waals surface area (Å²) in [6, 6.07) is 6.99. The van der Waals surface area contributed by atoms with Gasteiger partial charge in [0.05, 0.1) is 11.1 Å². The lowest BCUT2D eigenvalue weighted by Gasteiger charge is -2.34. The molecule has 1 aliphatic heterocycles. The summed E-state index contributed by atoms with van der Waals surface area (Å²) < 4.78 is 5.13. The Morgan fingerprint density at radius 2 is 1.76 bits per heavy atom. The number of furan rings is 1. The fourth-order valence-corrected chi connectivity index (χ4v) is 3.53. The first-order valence-corrected chi connectivity index (χ1v) is 9.20. The number of piperazine rings is 1. The van der Waals surface area contributed by atoms with Gasteiger partial charge in [-0.2, -0.15) is 0 Å². The zero-order chi connectivity index (χ0) is 17.6. The summed E-state index contributed by atoms with van der Waals surface area (Å²) in [5.74, 6) is 0.325. The van der Waals surface area contributed by atoms with E-state index in [4.69, 9.17) is 4.42 Å². The molecule has 1 fully saturated rings. The molecule has 0 unspecified atom stereocenters. The predicted molar refractivity (Wildman–Crippen MR) is 93.7 cm³/mol. The maximum Gasteiger partial charge on any atom is 0.289 e. The van der Waals surface area contributed by atoms with Crippen LogP contribution in [0.15, 0.2) is 40.3 Å². The molecule has 6 nitrogen and oxygen atoms in total. The first-order chi connectivity index (χ1) is 12.1. The third-order valence-corrected chi connectivity index (χ3v) is 5.15. The minimum absolute atomic E-state index is 0.0454. The Morgan fingerprint density at radius 3 is 2.40 bits per heavy atom. The second-order valence-corrected chi connectivity index (χ2v) is 6.85. The van der Waals surface area contributed by atoms with Crippen LogP contribution in [0.4, 0.5) is 0 Å². The van der Waals surface area contributed by atoms with E-state index in [1.807, 2.05) is 17.5 Å². The van der Waals surface area contributed by atoms with Crippen molar-refractivity contribution in [3.63, 3.8) is 0 Å². The summed E-state index contributed by atoms with van der Waals surface area (Å²) in [6.45, 7) is 2.03. The summed E-state index contributed by atoms with van der Waals surface area (Å²) in [5.41, 5.74) is 0. The molecule has 7 heteroatoms. The van der Waals surface area contributed by atoms with Crippen molar-refractivity contribution in [1.29, 1.82) is 0 Å². The van der Waals surface area contributed by atoms with E-state index in [9.17, 15) is 14.4 Å². The molecule has 0 atom stereocenters. The van der Waals surface area contributed by atoms with Gasteiger partial charge in [-0.1, -0.05) is 6.07 Å². The minimum atomic E-state index is -0.140. The molecule has 0 aliphatic carbocycles.